The zero-order valence-electron chi connectivity index (χ0n) is 9.23. The van der Waals surface area contributed by atoms with Crippen molar-refractivity contribution in [3.05, 3.63) is 0 Å². The molecule has 0 bridgehead atoms. The van der Waals surface area contributed by atoms with E-state index < -0.39 is 0 Å². The van der Waals surface area contributed by atoms with Crippen LogP contribution in [0.2, 0.25) is 0 Å². The lowest BCUT2D eigenvalue weighted by molar-refractivity contribution is 0.0922. The minimum absolute atomic E-state index is 0.0621. The molecule has 0 fully saturated rings. The molecule has 0 unspecified atom stereocenters. The van der Waals surface area contributed by atoms with Crippen LogP contribution in [0.4, 0.5) is 10.8 Å². The topological polar surface area (TPSA) is 89.6 Å². The van der Waals surface area contributed by atoms with Crippen LogP contribution in [0.5, 0.6) is 5.75 Å². The van der Waals surface area contributed by atoms with Crippen molar-refractivity contribution in [2.75, 3.05) is 44.5 Å². The maximum Gasteiger partial charge on any atom is 0.197 e. The summed E-state index contributed by atoms with van der Waals surface area (Å²) in [6.45, 7) is 1.82. The molecule has 0 radical (unpaired) electrons. The van der Waals surface area contributed by atoms with Gasteiger partial charge in [-0.1, -0.05) is 0 Å². The van der Waals surface area contributed by atoms with E-state index in [9.17, 15) is 0 Å². The minimum atomic E-state index is 0.0621. The molecule has 0 amide bonds. The number of nitrogens with one attached hydrogen (secondary N) is 1. The van der Waals surface area contributed by atoms with Gasteiger partial charge in [0, 0.05) is 13.2 Å². The van der Waals surface area contributed by atoms with Crippen LogP contribution >= 0.6 is 11.5 Å². The number of nitrogen functional groups attached to an aromatic ring is 1. The van der Waals surface area contributed by atoms with Crippen molar-refractivity contribution in [1.29, 1.82) is 0 Å². The Morgan fingerprint density at radius 2 is 2.31 bits per heavy atom. The summed E-state index contributed by atoms with van der Waals surface area (Å²) in [4.78, 5) is 0. The maximum atomic E-state index is 8.49. The normalized spacial score (nSPS) is 10.4. The van der Waals surface area contributed by atoms with Gasteiger partial charge in [0.25, 0.3) is 0 Å². The molecule has 7 heteroatoms. The van der Waals surface area contributed by atoms with Gasteiger partial charge in [-0.15, -0.1) is 0 Å². The first-order valence-corrected chi connectivity index (χ1v) is 5.78. The lowest BCUT2D eigenvalue weighted by Crippen LogP contribution is -2.07. The van der Waals surface area contributed by atoms with Gasteiger partial charge in [-0.05, 0) is 18.0 Å². The molecular formula is C9H17N3O3S. The predicted octanol–water partition coefficient (Wildman–Crippen LogP) is 0.545. The van der Waals surface area contributed by atoms with Gasteiger partial charge in [-0.25, -0.2) is 0 Å². The molecule has 0 aliphatic rings. The molecule has 92 valence electrons. The summed E-state index contributed by atoms with van der Waals surface area (Å²) >= 11 is 1.28. The second kappa shape index (κ2) is 7.26. The van der Waals surface area contributed by atoms with Gasteiger partial charge in [0.2, 0.25) is 0 Å². The highest BCUT2D eigenvalue weighted by Gasteiger charge is 2.10. The van der Waals surface area contributed by atoms with E-state index in [1.165, 1.54) is 11.5 Å². The Labute approximate surface area is 98.5 Å². The molecule has 4 N–H and O–H groups in total. The number of rotatable bonds is 8. The number of hydrogen-bond acceptors (Lipinski definition) is 7. The van der Waals surface area contributed by atoms with E-state index >= 15 is 0 Å². The monoisotopic (exact) mass is 247 g/mol. The van der Waals surface area contributed by atoms with Gasteiger partial charge in [-0.3, -0.25) is 0 Å². The number of hydrogen-bond donors (Lipinski definition) is 3. The standard InChI is InChI=1S/C9H17N3O3S/c1-14-7-8(10)12-16-9(7)11-3-2-5-15-6-4-13/h11,13H,2-6H2,1H3,(H2,10,12). The summed E-state index contributed by atoms with van der Waals surface area (Å²) in [5, 5.41) is 12.5. The zero-order chi connectivity index (χ0) is 11.8. The average Bonchev–Trinajstić information content (AvgIpc) is 2.64. The molecule has 0 aliphatic heterocycles. The third kappa shape index (κ3) is 3.84. The van der Waals surface area contributed by atoms with E-state index in [2.05, 4.69) is 9.69 Å². The molecule has 0 saturated heterocycles. The zero-order valence-corrected chi connectivity index (χ0v) is 10.0. The van der Waals surface area contributed by atoms with Crippen LogP contribution in [-0.4, -0.2) is 43.0 Å². The Kier molecular flexibility index (Phi) is 5.91. The third-order valence-electron chi connectivity index (χ3n) is 1.86. The summed E-state index contributed by atoms with van der Waals surface area (Å²) in [6, 6.07) is 0. The van der Waals surface area contributed by atoms with Crippen LogP contribution in [0, 0.1) is 0 Å². The number of methoxy groups -OCH3 is 1. The quantitative estimate of drug-likeness (QED) is 0.581. The number of anilines is 2. The first-order chi connectivity index (χ1) is 7.79. The van der Waals surface area contributed by atoms with E-state index in [4.69, 9.17) is 20.3 Å². The van der Waals surface area contributed by atoms with Crippen LogP contribution in [0.25, 0.3) is 0 Å². The van der Waals surface area contributed by atoms with Gasteiger partial charge in [-0.2, -0.15) is 4.37 Å². The highest BCUT2D eigenvalue weighted by Crippen LogP contribution is 2.34. The summed E-state index contributed by atoms with van der Waals surface area (Å²) in [5.74, 6) is 1.01. The number of aromatic nitrogens is 1. The van der Waals surface area contributed by atoms with Crippen LogP contribution in [0.15, 0.2) is 0 Å². The van der Waals surface area contributed by atoms with E-state index in [1.54, 1.807) is 7.11 Å². The van der Waals surface area contributed by atoms with Gasteiger partial charge in [0.05, 0.1) is 20.3 Å². The number of aliphatic hydroxyl groups excluding tert-OH is 1. The molecule has 0 saturated carbocycles. The number of aliphatic hydroxyl groups is 1. The van der Waals surface area contributed by atoms with Crippen molar-refractivity contribution in [2.45, 2.75) is 6.42 Å². The predicted molar refractivity (Wildman–Crippen MR) is 64.1 cm³/mol. The Balaban J connectivity index is 2.21. The van der Waals surface area contributed by atoms with Crippen LogP contribution in [0.1, 0.15) is 6.42 Å². The first kappa shape index (κ1) is 13.0. The summed E-state index contributed by atoms with van der Waals surface area (Å²) in [5.41, 5.74) is 5.60. The average molecular weight is 247 g/mol. The molecule has 6 nitrogen and oxygen atoms in total. The van der Waals surface area contributed by atoms with Crippen LogP contribution < -0.4 is 15.8 Å². The van der Waals surface area contributed by atoms with Crippen molar-refractivity contribution in [2.24, 2.45) is 0 Å². The first-order valence-electron chi connectivity index (χ1n) is 5.01. The largest absolute Gasteiger partial charge is 0.490 e. The molecule has 0 aliphatic carbocycles. The van der Waals surface area contributed by atoms with Crippen LogP contribution in [-0.2, 0) is 4.74 Å². The van der Waals surface area contributed by atoms with Gasteiger partial charge >= 0.3 is 0 Å². The second-order valence-electron chi connectivity index (χ2n) is 3.05. The fourth-order valence-corrected chi connectivity index (χ4v) is 1.86. The second-order valence-corrected chi connectivity index (χ2v) is 3.82. The Morgan fingerprint density at radius 1 is 1.50 bits per heavy atom. The lowest BCUT2D eigenvalue weighted by atomic mass is 10.4. The van der Waals surface area contributed by atoms with E-state index in [1.807, 2.05) is 0 Å². The lowest BCUT2D eigenvalue weighted by Gasteiger charge is -2.06. The van der Waals surface area contributed by atoms with Crippen molar-refractivity contribution in [1.82, 2.24) is 4.37 Å². The SMILES string of the molecule is COc1c(N)nsc1NCCCOCCO. The van der Waals surface area contributed by atoms with Gasteiger partial charge < -0.3 is 25.6 Å². The fraction of sp³-hybridized carbons (Fsp3) is 0.667. The smallest absolute Gasteiger partial charge is 0.197 e. The summed E-state index contributed by atoms with van der Waals surface area (Å²) in [6.07, 6.45) is 0.848. The summed E-state index contributed by atoms with van der Waals surface area (Å²) < 4.78 is 14.2. The van der Waals surface area contributed by atoms with Gasteiger partial charge in [0.15, 0.2) is 16.6 Å². The molecule has 1 aromatic heterocycles. The number of nitrogens with two attached hydrogens (primary N) is 1. The van der Waals surface area contributed by atoms with Crippen molar-refractivity contribution >= 4 is 22.4 Å². The molecular weight excluding hydrogens is 230 g/mol. The molecule has 16 heavy (non-hydrogen) atoms. The Morgan fingerprint density at radius 3 is 3.00 bits per heavy atom. The molecule has 0 spiro atoms. The molecule has 1 heterocycles. The van der Waals surface area contributed by atoms with Gasteiger partial charge in [0.1, 0.15) is 0 Å². The number of nitrogens with zero attached hydrogens (tertiary/aromatic N) is 1. The minimum Gasteiger partial charge on any atom is -0.490 e. The highest BCUT2D eigenvalue weighted by atomic mass is 32.1. The molecule has 1 aromatic rings. The van der Waals surface area contributed by atoms with Crippen LogP contribution in [0.3, 0.4) is 0 Å². The van der Waals surface area contributed by atoms with Crippen molar-refractivity contribution in [3.63, 3.8) is 0 Å². The molecule has 0 aromatic carbocycles. The highest BCUT2D eigenvalue weighted by molar-refractivity contribution is 7.11. The Bertz CT molecular complexity index is 306. The maximum absolute atomic E-state index is 8.49. The molecule has 1 rings (SSSR count). The number of ether oxygens (including phenoxy) is 2. The summed E-state index contributed by atoms with van der Waals surface area (Å²) in [7, 11) is 1.57. The van der Waals surface area contributed by atoms with E-state index in [-0.39, 0.29) is 6.61 Å². The van der Waals surface area contributed by atoms with Crippen molar-refractivity contribution in [3.8, 4) is 5.75 Å². The molecule has 0 atom stereocenters. The Hall–Kier alpha value is -1.05. The van der Waals surface area contributed by atoms with Crippen molar-refractivity contribution < 1.29 is 14.6 Å². The van der Waals surface area contributed by atoms with E-state index in [0.29, 0.717) is 24.8 Å². The van der Waals surface area contributed by atoms with E-state index in [0.717, 1.165) is 18.0 Å². The third-order valence-corrected chi connectivity index (χ3v) is 2.67. The fourth-order valence-electron chi connectivity index (χ4n) is 1.15.